The van der Waals surface area contributed by atoms with Crippen molar-refractivity contribution in [2.24, 2.45) is 10.9 Å². The van der Waals surface area contributed by atoms with Crippen molar-refractivity contribution in [3.8, 4) is 0 Å². The average Bonchev–Trinajstić information content (AvgIpc) is 1.84. The van der Waals surface area contributed by atoms with Gasteiger partial charge >= 0.3 is 0 Å². The van der Waals surface area contributed by atoms with E-state index in [4.69, 9.17) is 0 Å². The van der Waals surface area contributed by atoms with Gasteiger partial charge in [0.15, 0.2) is 0 Å². The van der Waals surface area contributed by atoms with E-state index in [1.807, 2.05) is 17.8 Å². The minimum Gasteiger partial charge on any atom is -0.268 e. The minimum atomic E-state index is 0.639. The van der Waals surface area contributed by atoms with Crippen molar-refractivity contribution in [3.05, 3.63) is 22.6 Å². The molecule has 1 aliphatic rings. The topological polar surface area (TPSA) is 12.4 Å². The van der Waals surface area contributed by atoms with Crippen LogP contribution in [0, 0.1) is 5.92 Å². The summed E-state index contributed by atoms with van der Waals surface area (Å²) in [5, 5.41) is 4.21. The van der Waals surface area contributed by atoms with E-state index < -0.39 is 0 Å². The fourth-order valence-electron chi connectivity index (χ4n) is 0.836. The number of thioether (sulfide) groups is 1. The summed E-state index contributed by atoms with van der Waals surface area (Å²) >= 11 is 1.71. The van der Waals surface area contributed by atoms with Crippen LogP contribution >= 0.6 is 11.8 Å². The summed E-state index contributed by atoms with van der Waals surface area (Å²) in [5.74, 6) is 0.639. The van der Waals surface area contributed by atoms with Gasteiger partial charge in [-0.3, -0.25) is 4.99 Å². The first-order valence-corrected chi connectivity index (χ1v) is 4.76. The first kappa shape index (κ1) is 8.60. The molecule has 1 aliphatic heterocycles. The fraction of sp³-hybridized carbons (Fsp3) is 0.444. The molecule has 2 heteroatoms. The Morgan fingerprint density at radius 1 is 1.55 bits per heavy atom. The van der Waals surface area contributed by atoms with Gasteiger partial charge in [0.1, 0.15) is 0 Å². The van der Waals surface area contributed by atoms with Crippen molar-refractivity contribution < 1.29 is 0 Å². The van der Waals surface area contributed by atoms with Gasteiger partial charge in [0.25, 0.3) is 0 Å². The molecule has 0 unspecified atom stereocenters. The van der Waals surface area contributed by atoms with Crippen LogP contribution in [0.1, 0.15) is 20.3 Å². The molecule has 0 aromatic heterocycles. The van der Waals surface area contributed by atoms with Gasteiger partial charge in [0, 0.05) is 18.8 Å². The molecular formula is C9H13NS. The zero-order valence-electron chi connectivity index (χ0n) is 6.95. The van der Waals surface area contributed by atoms with Crippen molar-refractivity contribution in [1.82, 2.24) is 0 Å². The number of rotatable bonds is 1. The van der Waals surface area contributed by atoms with E-state index in [9.17, 15) is 0 Å². The Labute approximate surface area is 72.3 Å². The maximum atomic E-state index is 4.10. The number of hydrogen-bond donors (Lipinski definition) is 0. The normalized spacial score (nSPS) is 28.5. The molecule has 60 valence electrons. The van der Waals surface area contributed by atoms with Gasteiger partial charge in [-0.05, 0) is 16.7 Å². The Morgan fingerprint density at radius 2 is 2.36 bits per heavy atom. The lowest BCUT2D eigenvalue weighted by Gasteiger charge is -2.08. The molecule has 0 fully saturated rings. The second-order valence-electron chi connectivity index (χ2n) is 2.80. The molecule has 0 radical (unpaired) electrons. The van der Waals surface area contributed by atoms with E-state index >= 15 is 0 Å². The monoisotopic (exact) mass is 167 g/mol. The molecule has 0 aliphatic carbocycles. The summed E-state index contributed by atoms with van der Waals surface area (Å²) in [6, 6.07) is 0. The van der Waals surface area contributed by atoms with Gasteiger partial charge in [0.05, 0.1) is 0 Å². The van der Waals surface area contributed by atoms with E-state index in [1.165, 1.54) is 5.57 Å². The lowest BCUT2D eigenvalue weighted by molar-refractivity contribution is 0.759. The van der Waals surface area contributed by atoms with E-state index in [1.54, 1.807) is 11.8 Å². The van der Waals surface area contributed by atoms with Crippen molar-refractivity contribution in [1.29, 1.82) is 0 Å². The van der Waals surface area contributed by atoms with Crippen molar-refractivity contribution in [2.45, 2.75) is 20.3 Å². The molecule has 0 amide bonds. The second kappa shape index (κ2) is 4.39. The van der Waals surface area contributed by atoms with Crippen LogP contribution in [0.4, 0.5) is 0 Å². The van der Waals surface area contributed by atoms with Crippen LogP contribution < -0.4 is 0 Å². The first-order chi connectivity index (χ1) is 5.30. The predicted molar refractivity (Wildman–Crippen MR) is 52.8 cm³/mol. The Hall–Kier alpha value is -0.500. The third-order valence-electron chi connectivity index (χ3n) is 1.62. The number of allylic oxidation sites excluding steroid dienone is 1. The molecule has 1 heterocycles. The maximum absolute atomic E-state index is 4.10. The van der Waals surface area contributed by atoms with Gasteiger partial charge in [0.2, 0.25) is 0 Å². The quantitative estimate of drug-likeness (QED) is 0.584. The van der Waals surface area contributed by atoms with Crippen LogP contribution in [0.25, 0.3) is 0 Å². The molecule has 0 saturated heterocycles. The average molecular weight is 167 g/mol. The molecule has 11 heavy (non-hydrogen) atoms. The molecule has 0 N–H and O–H groups in total. The van der Waals surface area contributed by atoms with Gasteiger partial charge in [-0.2, -0.15) is 0 Å². The highest BCUT2D eigenvalue weighted by Gasteiger charge is 2.01. The molecule has 0 aromatic carbocycles. The van der Waals surface area contributed by atoms with E-state index in [0.717, 1.165) is 6.42 Å². The molecule has 1 nitrogen and oxygen atoms in total. The number of aliphatic imine (C=N–C) groups is 1. The molecular weight excluding hydrogens is 154 g/mol. The third-order valence-corrected chi connectivity index (χ3v) is 2.34. The van der Waals surface area contributed by atoms with Crippen LogP contribution in [0.2, 0.25) is 0 Å². The molecule has 0 atom stereocenters. The van der Waals surface area contributed by atoms with Crippen LogP contribution in [-0.4, -0.2) is 6.21 Å². The zero-order valence-corrected chi connectivity index (χ0v) is 7.77. The fourth-order valence-corrected chi connectivity index (χ4v) is 1.60. The molecule has 0 aromatic rings. The summed E-state index contributed by atoms with van der Waals surface area (Å²) in [6.45, 7) is 4.43. The summed E-state index contributed by atoms with van der Waals surface area (Å²) in [5.41, 5.74) is 1.46. The molecule has 0 bridgehead atoms. The molecule has 1 rings (SSSR count). The molecule has 0 spiro atoms. The van der Waals surface area contributed by atoms with E-state index in [0.29, 0.717) is 5.92 Å². The van der Waals surface area contributed by atoms with Crippen LogP contribution in [0.3, 0.4) is 0 Å². The number of hydrogen-bond acceptors (Lipinski definition) is 2. The van der Waals surface area contributed by atoms with Gasteiger partial charge in [-0.15, -0.1) is 11.8 Å². The van der Waals surface area contributed by atoms with Crippen LogP contribution in [-0.2, 0) is 0 Å². The Bertz CT molecular complexity index is 202. The highest BCUT2D eigenvalue weighted by Crippen LogP contribution is 2.19. The Kier molecular flexibility index (Phi) is 3.43. The van der Waals surface area contributed by atoms with E-state index in [-0.39, 0.29) is 0 Å². The van der Waals surface area contributed by atoms with Gasteiger partial charge < -0.3 is 0 Å². The van der Waals surface area contributed by atoms with Crippen molar-refractivity contribution in [2.75, 3.05) is 0 Å². The summed E-state index contributed by atoms with van der Waals surface area (Å²) in [4.78, 5) is 4.10. The number of nitrogens with zero attached hydrogens (tertiary/aromatic N) is 1. The largest absolute Gasteiger partial charge is 0.268 e. The highest BCUT2D eigenvalue weighted by molar-refractivity contribution is 8.04. The maximum Gasteiger partial charge on any atom is 0.0330 e. The van der Waals surface area contributed by atoms with Crippen molar-refractivity contribution in [3.63, 3.8) is 0 Å². The standard InChI is InChI=1S/C9H13NS/c1-8(2)9-3-4-10-5-6-11-7-9/h4-8H,3H2,1-2H3/b6-5-,9-7+,10-4-. The van der Waals surface area contributed by atoms with Crippen LogP contribution in [0.5, 0.6) is 0 Å². The Morgan fingerprint density at radius 3 is 3.09 bits per heavy atom. The zero-order chi connectivity index (χ0) is 8.10. The third kappa shape index (κ3) is 2.93. The summed E-state index contributed by atoms with van der Waals surface area (Å²) in [6.07, 6.45) is 4.79. The van der Waals surface area contributed by atoms with Crippen LogP contribution in [0.15, 0.2) is 27.6 Å². The highest BCUT2D eigenvalue weighted by atomic mass is 32.2. The minimum absolute atomic E-state index is 0.639. The Balaban J connectivity index is 2.65. The van der Waals surface area contributed by atoms with Gasteiger partial charge in [-0.25, -0.2) is 0 Å². The van der Waals surface area contributed by atoms with E-state index in [2.05, 4.69) is 24.2 Å². The lowest BCUT2D eigenvalue weighted by Crippen LogP contribution is -1.94. The van der Waals surface area contributed by atoms with Crippen molar-refractivity contribution >= 4 is 18.0 Å². The lowest BCUT2D eigenvalue weighted by atomic mass is 10.0. The SMILES string of the molecule is CC(C)/C1=C/S/C=C\N=C/C1. The smallest absolute Gasteiger partial charge is 0.0330 e. The summed E-state index contributed by atoms with van der Waals surface area (Å²) in [7, 11) is 0. The predicted octanol–water partition coefficient (Wildman–Crippen LogP) is 3.21. The summed E-state index contributed by atoms with van der Waals surface area (Å²) < 4.78 is 0. The van der Waals surface area contributed by atoms with Gasteiger partial charge in [-0.1, -0.05) is 19.4 Å². The second-order valence-corrected chi connectivity index (χ2v) is 3.58. The molecule has 0 saturated carbocycles. The first-order valence-electron chi connectivity index (χ1n) is 3.81.